The summed E-state index contributed by atoms with van der Waals surface area (Å²) < 4.78 is 18.9. The molecule has 0 saturated carbocycles. The Bertz CT molecular complexity index is 629. The van der Waals surface area contributed by atoms with E-state index in [0.717, 1.165) is 0 Å². The fourth-order valence-corrected chi connectivity index (χ4v) is 1.71. The Hall–Kier alpha value is -2.56. The van der Waals surface area contributed by atoms with E-state index in [1.54, 1.807) is 30.3 Å². The first-order valence-corrected chi connectivity index (χ1v) is 6.09. The normalized spacial score (nSPS) is 10.1. The van der Waals surface area contributed by atoms with Crippen molar-refractivity contribution in [3.63, 3.8) is 0 Å². The maximum Gasteiger partial charge on any atom is 0.221 e. The number of hydrogen-bond acceptors (Lipinski definition) is 3. The molecule has 0 saturated heterocycles. The summed E-state index contributed by atoms with van der Waals surface area (Å²) in [7, 11) is 0. The van der Waals surface area contributed by atoms with E-state index in [-0.39, 0.29) is 18.2 Å². The van der Waals surface area contributed by atoms with Crippen LogP contribution in [0.5, 0.6) is 5.75 Å². The smallest absolute Gasteiger partial charge is 0.221 e. The van der Waals surface area contributed by atoms with Crippen molar-refractivity contribution in [3.05, 3.63) is 53.8 Å². The molecule has 3 N–H and O–H groups in total. The molecule has 1 amide bonds. The lowest BCUT2D eigenvalue weighted by atomic mass is 10.2. The number of carbonyl (C=O) groups excluding carboxylic acids is 1. The van der Waals surface area contributed by atoms with Crippen molar-refractivity contribution in [1.82, 2.24) is 0 Å². The van der Waals surface area contributed by atoms with Gasteiger partial charge in [-0.3, -0.25) is 4.79 Å². The van der Waals surface area contributed by atoms with E-state index in [1.165, 1.54) is 19.1 Å². The van der Waals surface area contributed by atoms with Crippen LogP contribution >= 0.6 is 0 Å². The summed E-state index contributed by atoms with van der Waals surface area (Å²) in [5, 5.41) is 2.67. The van der Waals surface area contributed by atoms with Gasteiger partial charge in [-0.25, -0.2) is 4.39 Å². The largest absolute Gasteiger partial charge is 0.487 e. The van der Waals surface area contributed by atoms with Crippen LogP contribution in [-0.2, 0) is 11.4 Å². The van der Waals surface area contributed by atoms with E-state index in [4.69, 9.17) is 10.5 Å². The third-order valence-corrected chi connectivity index (χ3v) is 2.66. The van der Waals surface area contributed by atoms with Crippen LogP contribution in [-0.4, -0.2) is 5.91 Å². The SMILES string of the molecule is CC(=O)Nc1ccccc1OCc1ccc(N)c(F)c1. The van der Waals surface area contributed by atoms with Gasteiger partial charge in [-0.15, -0.1) is 0 Å². The first kappa shape index (κ1) is 13.9. The summed E-state index contributed by atoms with van der Waals surface area (Å²) in [5.74, 6) is -0.124. The number of hydrogen-bond donors (Lipinski definition) is 2. The predicted octanol–water partition coefficient (Wildman–Crippen LogP) is 2.95. The van der Waals surface area contributed by atoms with Crippen molar-refractivity contribution in [2.45, 2.75) is 13.5 Å². The van der Waals surface area contributed by atoms with Crippen LogP contribution in [0.1, 0.15) is 12.5 Å². The number of nitrogens with two attached hydrogens (primary N) is 1. The van der Waals surface area contributed by atoms with E-state index >= 15 is 0 Å². The standard InChI is InChI=1S/C15H15FN2O2/c1-10(19)18-14-4-2-3-5-15(14)20-9-11-6-7-13(17)12(16)8-11/h2-8H,9,17H2,1H3,(H,18,19). The van der Waals surface area contributed by atoms with Crippen molar-refractivity contribution in [2.75, 3.05) is 11.1 Å². The molecule has 0 spiro atoms. The molecule has 0 bridgehead atoms. The Labute approximate surface area is 116 Å². The van der Waals surface area contributed by atoms with Gasteiger partial charge in [0.15, 0.2) is 0 Å². The number of ether oxygens (including phenoxy) is 1. The van der Waals surface area contributed by atoms with Crippen molar-refractivity contribution in [3.8, 4) is 5.75 Å². The summed E-state index contributed by atoms with van der Waals surface area (Å²) in [6.07, 6.45) is 0. The maximum absolute atomic E-state index is 13.3. The highest BCUT2D eigenvalue weighted by Gasteiger charge is 2.06. The Balaban J connectivity index is 2.10. The van der Waals surface area contributed by atoms with Crippen molar-refractivity contribution in [1.29, 1.82) is 0 Å². The number of rotatable bonds is 4. The molecule has 2 rings (SSSR count). The second-order valence-corrected chi connectivity index (χ2v) is 4.32. The lowest BCUT2D eigenvalue weighted by molar-refractivity contribution is -0.114. The number of carbonyl (C=O) groups is 1. The highest BCUT2D eigenvalue weighted by Crippen LogP contribution is 2.25. The summed E-state index contributed by atoms with van der Waals surface area (Å²) in [6, 6.07) is 11.6. The van der Waals surface area contributed by atoms with E-state index in [1.807, 2.05) is 0 Å². The number of amides is 1. The minimum atomic E-state index is -0.471. The first-order valence-electron chi connectivity index (χ1n) is 6.09. The van der Waals surface area contributed by atoms with Crippen LogP contribution in [0.4, 0.5) is 15.8 Å². The number of anilines is 2. The predicted molar refractivity (Wildman–Crippen MR) is 75.9 cm³/mol. The fourth-order valence-electron chi connectivity index (χ4n) is 1.71. The van der Waals surface area contributed by atoms with Crippen LogP contribution in [0.15, 0.2) is 42.5 Å². The topological polar surface area (TPSA) is 64.3 Å². The van der Waals surface area contributed by atoms with Gasteiger partial charge in [0.05, 0.1) is 11.4 Å². The Kier molecular flexibility index (Phi) is 4.20. The van der Waals surface area contributed by atoms with Gasteiger partial charge in [0, 0.05) is 6.92 Å². The zero-order valence-electron chi connectivity index (χ0n) is 11.0. The summed E-state index contributed by atoms with van der Waals surface area (Å²) >= 11 is 0. The first-order chi connectivity index (χ1) is 9.56. The van der Waals surface area contributed by atoms with Crippen molar-refractivity contribution < 1.29 is 13.9 Å². The Morgan fingerprint density at radius 1 is 1.30 bits per heavy atom. The average Bonchev–Trinajstić information content (AvgIpc) is 2.41. The quantitative estimate of drug-likeness (QED) is 0.842. The molecule has 0 heterocycles. The number of benzene rings is 2. The number of halogens is 1. The molecule has 104 valence electrons. The average molecular weight is 274 g/mol. The minimum Gasteiger partial charge on any atom is -0.487 e. The number of nitrogen functional groups attached to an aromatic ring is 1. The van der Waals surface area contributed by atoms with Gasteiger partial charge in [-0.1, -0.05) is 18.2 Å². The van der Waals surface area contributed by atoms with Gasteiger partial charge >= 0.3 is 0 Å². The molecule has 0 aliphatic carbocycles. The molecule has 0 radical (unpaired) electrons. The summed E-state index contributed by atoms with van der Waals surface area (Å²) in [5.41, 5.74) is 6.76. The van der Waals surface area contributed by atoms with Crippen LogP contribution in [0, 0.1) is 5.82 Å². The second kappa shape index (κ2) is 6.06. The summed E-state index contributed by atoms with van der Waals surface area (Å²) in [4.78, 5) is 11.1. The highest BCUT2D eigenvalue weighted by molar-refractivity contribution is 5.90. The van der Waals surface area contributed by atoms with Crippen LogP contribution in [0.3, 0.4) is 0 Å². The third-order valence-electron chi connectivity index (χ3n) is 2.66. The molecule has 2 aromatic rings. The lowest BCUT2D eigenvalue weighted by Crippen LogP contribution is -2.08. The highest BCUT2D eigenvalue weighted by atomic mass is 19.1. The van der Waals surface area contributed by atoms with Gasteiger partial charge in [-0.2, -0.15) is 0 Å². The van der Waals surface area contributed by atoms with Crippen LogP contribution in [0.25, 0.3) is 0 Å². The van der Waals surface area contributed by atoms with E-state index < -0.39 is 5.82 Å². The van der Waals surface area contributed by atoms with Crippen LogP contribution in [0.2, 0.25) is 0 Å². The minimum absolute atomic E-state index is 0.104. The molecule has 2 aromatic carbocycles. The molecular formula is C15H15FN2O2. The third kappa shape index (κ3) is 3.47. The maximum atomic E-state index is 13.3. The molecule has 0 fully saturated rings. The van der Waals surface area contributed by atoms with Gasteiger partial charge in [0.1, 0.15) is 18.2 Å². The lowest BCUT2D eigenvalue weighted by Gasteiger charge is -2.11. The molecule has 0 aliphatic rings. The second-order valence-electron chi connectivity index (χ2n) is 4.32. The molecule has 5 heteroatoms. The molecule has 0 atom stereocenters. The number of para-hydroxylation sites is 2. The van der Waals surface area contributed by atoms with E-state index in [2.05, 4.69) is 5.32 Å². The molecular weight excluding hydrogens is 259 g/mol. The van der Waals surface area contributed by atoms with Gasteiger partial charge < -0.3 is 15.8 Å². The van der Waals surface area contributed by atoms with Crippen molar-refractivity contribution >= 4 is 17.3 Å². The Morgan fingerprint density at radius 3 is 2.75 bits per heavy atom. The van der Waals surface area contributed by atoms with Gasteiger partial charge in [-0.05, 0) is 29.8 Å². The molecule has 20 heavy (non-hydrogen) atoms. The van der Waals surface area contributed by atoms with E-state index in [0.29, 0.717) is 17.0 Å². The Morgan fingerprint density at radius 2 is 2.05 bits per heavy atom. The summed E-state index contributed by atoms with van der Waals surface area (Å²) in [6.45, 7) is 1.61. The molecule has 4 nitrogen and oxygen atoms in total. The van der Waals surface area contributed by atoms with E-state index in [9.17, 15) is 9.18 Å². The van der Waals surface area contributed by atoms with Gasteiger partial charge in [0.25, 0.3) is 0 Å². The molecule has 0 aliphatic heterocycles. The van der Waals surface area contributed by atoms with Crippen LogP contribution < -0.4 is 15.8 Å². The van der Waals surface area contributed by atoms with Crippen molar-refractivity contribution in [2.24, 2.45) is 0 Å². The zero-order chi connectivity index (χ0) is 14.5. The molecule has 0 unspecified atom stereocenters. The fraction of sp³-hybridized carbons (Fsp3) is 0.133. The monoisotopic (exact) mass is 274 g/mol. The van der Waals surface area contributed by atoms with Gasteiger partial charge in [0.2, 0.25) is 5.91 Å². The molecule has 0 aromatic heterocycles. The number of nitrogens with one attached hydrogen (secondary N) is 1. The zero-order valence-corrected chi connectivity index (χ0v) is 11.0.